The molecule has 0 spiro atoms. The van der Waals surface area contributed by atoms with E-state index in [1.807, 2.05) is 12.2 Å². The van der Waals surface area contributed by atoms with Crippen molar-refractivity contribution >= 4 is 11.9 Å². The minimum atomic E-state index is -1.62. The molecule has 0 radical (unpaired) electrons. The summed E-state index contributed by atoms with van der Waals surface area (Å²) in [6, 6.07) is 0. The van der Waals surface area contributed by atoms with Crippen molar-refractivity contribution in [1.29, 1.82) is 0 Å². The Hall–Kier alpha value is -3.64. The summed E-state index contributed by atoms with van der Waals surface area (Å²) < 4.78 is 22.1. The smallest absolute Gasteiger partial charge is 0.306 e. The fourth-order valence-electron chi connectivity index (χ4n) is 6.04. The Kier molecular flexibility index (Phi) is 36.7. The van der Waals surface area contributed by atoms with Crippen molar-refractivity contribution in [3.63, 3.8) is 0 Å². The zero-order chi connectivity index (χ0) is 44.4. The molecule has 2 unspecified atom stereocenters. The average molecular weight is 853 g/mol. The molecule has 0 saturated carbocycles. The second-order valence-corrected chi connectivity index (χ2v) is 15.1. The number of carbonyl (C=O) groups excluding carboxylic acids is 2. The van der Waals surface area contributed by atoms with Crippen LogP contribution in [0, 0.1) is 0 Å². The van der Waals surface area contributed by atoms with E-state index in [-0.39, 0.29) is 26.1 Å². The molecule has 1 aliphatic heterocycles. The Balaban J connectivity index is 2.41. The van der Waals surface area contributed by atoms with Gasteiger partial charge in [-0.05, 0) is 89.9 Å². The quantitative estimate of drug-likeness (QED) is 0.0272. The van der Waals surface area contributed by atoms with E-state index in [9.17, 15) is 30.0 Å². The van der Waals surface area contributed by atoms with Crippen LogP contribution in [0.4, 0.5) is 0 Å². The largest absolute Gasteiger partial charge is 0.462 e. The first-order valence-electron chi connectivity index (χ1n) is 23.0. The van der Waals surface area contributed by atoms with Gasteiger partial charge in [0.05, 0.1) is 13.2 Å². The molecule has 0 aromatic rings. The van der Waals surface area contributed by atoms with Crippen molar-refractivity contribution in [1.82, 2.24) is 0 Å². The summed E-state index contributed by atoms with van der Waals surface area (Å²) in [7, 11) is 0. The molecule has 0 amide bonds. The summed E-state index contributed by atoms with van der Waals surface area (Å²) in [4.78, 5) is 25.3. The highest BCUT2D eigenvalue weighted by Crippen LogP contribution is 2.22. The van der Waals surface area contributed by atoms with E-state index in [0.29, 0.717) is 12.8 Å². The van der Waals surface area contributed by atoms with Crippen LogP contribution in [0.3, 0.4) is 0 Å². The molecular weight excluding hydrogens is 773 g/mol. The summed E-state index contributed by atoms with van der Waals surface area (Å²) in [5.74, 6) is -0.942. The molecule has 1 fully saturated rings. The molecule has 1 aliphatic rings. The number of allylic oxidation sites excluding steroid dienone is 18. The highest BCUT2D eigenvalue weighted by molar-refractivity contribution is 5.70. The lowest BCUT2D eigenvalue weighted by Crippen LogP contribution is -2.59. The number of aliphatic hydroxyl groups excluding tert-OH is 4. The summed E-state index contributed by atoms with van der Waals surface area (Å²) in [6.45, 7) is 3.16. The molecule has 344 valence electrons. The third kappa shape index (κ3) is 31.8. The highest BCUT2D eigenvalue weighted by atomic mass is 16.7. The predicted octanol–water partition coefficient (Wildman–Crippen LogP) is 10.1. The van der Waals surface area contributed by atoms with E-state index in [4.69, 9.17) is 18.9 Å². The Morgan fingerprint density at radius 2 is 1.00 bits per heavy atom. The third-order valence-electron chi connectivity index (χ3n) is 9.66. The number of hydrogen-bond donors (Lipinski definition) is 4. The topological polar surface area (TPSA) is 152 Å². The van der Waals surface area contributed by atoms with Crippen molar-refractivity contribution in [3.05, 3.63) is 109 Å². The van der Waals surface area contributed by atoms with E-state index in [0.717, 1.165) is 77.0 Å². The van der Waals surface area contributed by atoms with Gasteiger partial charge in [0.1, 0.15) is 31.0 Å². The van der Waals surface area contributed by atoms with Crippen LogP contribution in [-0.2, 0) is 28.5 Å². The highest BCUT2D eigenvalue weighted by Gasteiger charge is 2.44. The van der Waals surface area contributed by atoms with Crippen LogP contribution in [-0.4, -0.2) is 89.0 Å². The zero-order valence-electron chi connectivity index (χ0n) is 37.4. The second-order valence-electron chi connectivity index (χ2n) is 15.1. The molecule has 0 aromatic heterocycles. The number of carbonyl (C=O) groups is 2. The Morgan fingerprint density at radius 3 is 1.51 bits per heavy atom. The first kappa shape index (κ1) is 55.4. The van der Waals surface area contributed by atoms with Gasteiger partial charge in [0.25, 0.3) is 0 Å². The van der Waals surface area contributed by atoms with Crippen molar-refractivity contribution in [2.75, 3.05) is 19.8 Å². The van der Waals surface area contributed by atoms with Crippen molar-refractivity contribution < 1.29 is 49.0 Å². The van der Waals surface area contributed by atoms with Crippen LogP contribution >= 0.6 is 0 Å². The molecular formula is C51H80O10. The SMILES string of the molecule is CC/C=C/C/C=C/C/C=C/C/C=C/C/C=C/C/C=C/CCC(=O)O[C@H](COC(=O)CCCCCC/C=C/C/C=C/C/C=C/CCCCC)CO[C@@H]1O[C@H](CO)[C@H](O)C(O)C1O. The summed E-state index contributed by atoms with van der Waals surface area (Å²) >= 11 is 0. The van der Waals surface area contributed by atoms with Crippen molar-refractivity contribution in [2.24, 2.45) is 0 Å². The lowest BCUT2D eigenvalue weighted by molar-refractivity contribution is -0.305. The number of aliphatic hydroxyl groups is 4. The lowest BCUT2D eigenvalue weighted by atomic mass is 9.99. The van der Waals surface area contributed by atoms with Gasteiger partial charge < -0.3 is 39.4 Å². The minimum absolute atomic E-state index is 0.0927. The maximum absolute atomic E-state index is 12.8. The average Bonchev–Trinajstić information content (AvgIpc) is 3.26. The predicted molar refractivity (Wildman–Crippen MR) is 247 cm³/mol. The minimum Gasteiger partial charge on any atom is -0.462 e. The van der Waals surface area contributed by atoms with Gasteiger partial charge in [-0.3, -0.25) is 9.59 Å². The third-order valence-corrected chi connectivity index (χ3v) is 9.66. The summed E-state index contributed by atoms with van der Waals surface area (Å²) in [5.41, 5.74) is 0. The maximum Gasteiger partial charge on any atom is 0.306 e. The number of hydrogen-bond acceptors (Lipinski definition) is 10. The van der Waals surface area contributed by atoms with Gasteiger partial charge in [0, 0.05) is 12.8 Å². The molecule has 10 heteroatoms. The molecule has 0 aliphatic carbocycles. The first-order valence-corrected chi connectivity index (χ1v) is 23.0. The molecule has 0 bridgehead atoms. The fraction of sp³-hybridized carbons (Fsp3) is 0.608. The van der Waals surface area contributed by atoms with Gasteiger partial charge in [-0.25, -0.2) is 0 Å². The van der Waals surface area contributed by atoms with Gasteiger partial charge in [0.15, 0.2) is 12.4 Å². The number of ether oxygens (including phenoxy) is 4. The van der Waals surface area contributed by atoms with Crippen LogP contribution in [0.1, 0.15) is 142 Å². The summed E-state index contributed by atoms with van der Waals surface area (Å²) in [6.07, 6.45) is 48.1. The Morgan fingerprint density at radius 1 is 0.525 bits per heavy atom. The molecule has 4 N–H and O–H groups in total. The van der Waals surface area contributed by atoms with Crippen LogP contribution in [0.15, 0.2) is 109 Å². The molecule has 6 atom stereocenters. The number of esters is 2. The van der Waals surface area contributed by atoms with E-state index in [1.165, 1.54) is 25.7 Å². The molecule has 10 nitrogen and oxygen atoms in total. The fourth-order valence-corrected chi connectivity index (χ4v) is 6.04. The van der Waals surface area contributed by atoms with Crippen LogP contribution in [0.2, 0.25) is 0 Å². The van der Waals surface area contributed by atoms with Crippen LogP contribution in [0.25, 0.3) is 0 Å². The molecule has 1 saturated heterocycles. The van der Waals surface area contributed by atoms with Gasteiger partial charge in [-0.1, -0.05) is 149 Å². The lowest BCUT2D eigenvalue weighted by Gasteiger charge is -2.39. The molecule has 0 aromatic carbocycles. The Bertz CT molecular complexity index is 1350. The van der Waals surface area contributed by atoms with Crippen LogP contribution in [0.5, 0.6) is 0 Å². The van der Waals surface area contributed by atoms with E-state index < -0.39 is 55.4 Å². The number of rotatable bonds is 36. The standard InChI is InChI=1S/C51H80O10/c1-3-5-7-9-11-13-15-17-19-21-22-24-26-28-30-32-34-36-38-40-47(54)60-44(43-59-51-50(57)49(56)48(55)45(41-52)61-51)42-58-46(53)39-37-35-33-31-29-27-25-23-20-18-16-14-12-10-8-6-4-2/h5,7,11-14,17-20,22,24-25,27-28,30,34,36,44-45,48-52,55-57H,3-4,6,8-10,15-16,21,23,26,29,31-33,35,37-43H2,1-2H3/b7-5+,13-11+,14-12+,19-17+,20-18+,24-22+,27-25+,30-28+,36-34+/t44-,45-,48+,49?,50?,51-/m1/s1. The summed E-state index contributed by atoms with van der Waals surface area (Å²) in [5, 5.41) is 40.1. The van der Waals surface area contributed by atoms with Gasteiger partial charge in [-0.15, -0.1) is 0 Å². The van der Waals surface area contributed by atoms with Crippen molar-refractivity contribution in [3.8, 4) is 0 Å². The Labute approximate surface area is 368 Å². The van der Waals surface area contributed by atoms with E-state index >= 15 is 0 Å². The van der Waals surface area contributed by atoms with Crippen molar-refractivity contribution in [2.45, 2.75) is 179 Å². The van der Waals surface area contributed by atoms with Crippen LogP contribution < -0.4 is 0 Å². The number of unbranched alkanes of at least 4 members (excludes halogenated alkanes) is 7. The monoisotopic (exact) mass is 853 g/mol. The van der Waals surface area contributed by atoms with E-state index in [2.05, 4.69) is 111 Å². The van der Waals surface area contributed by atoms with Gasteiger partial charge in [0.2, 0.25) is 0 Å². The van der Waals surface area contributed by atoms with Gasteiger partial charge in [-0.2, -0.15) is 0 Å². The molecule has 1 rings (SSSR count). The molecule has 1 heterocycles. The first-order chi connectivity index (χ1) is 29.8. The van der Waals surface area contributed by atoms with Gasteiger partial charge >= 0.3 is 11.9 Å². The maximum atomic E-state index is 12.8. The second kappa shape index (κ2) is 40.4. The molecule has 61 heavy (non-hydrogen) atoms. The normalized spacial score (nSPS) is 20.8. The van der Waals surface area contributed by atoms with E-state index in [1.54, 1.807) is 0 Å². The zero-order valence-corrected chi connectivity index (χ0v) is 37.4.